The molecule has 0 aliphatic rings. The number of nitrogens with one attached hydrogen (secondary N) is 1. The van der Waals surface area contributed by atoms with Gasteiger partial charge in [0, 0.05) is 12.3 Å². The van der Waals surface area contributed by atoms with Crippen molar-refractivity contribution in [3.05, 3.63) is 44.4 Å². The van der Waals surface area contributed by atoms with Crippen LogP contribution in [0.4, 0.5) is 5.69 Å². The molecule has 0 fully saturated rings. The fourth-order valence-electron chi connectivity index (χ4n) is 1.23. The van der Waals surface area contributed by atoms with Crippen LogP contribution in [0.5, 0.6) is 0 Å². The lowest BCUT2D eigenvalue weighted by Gasteiger charge is -1.97. The van der Waals surface area contributed by atoms with E-state index in [1.165, 1.54) is 18.3 Å². The van der Waals surface area contributed by atoms with Crippen LogP contribution in [-0.4, -0.2) is 22.5 Å². The molecule has 0 unspecified atom stereocenters. The normalized spacial score (nSPS) is 10.5. The number of H-pyrrole nitrogens is 1. The van der Waals surface area contributed by atoms with Crippen molar-refractivity contribution < 1.29 is 14.5 Å². The van der Waals surface area contributed by atoms with Gasteiger partial charge in [0.1, 0.15) is 0 Å². The Kier molecular flexibility index (Phi) is 4.79. The van der Waals surface area contributed by atoms with Crippen LogP contribution < -0.4 is 5.56 Å². The number of nitrogens with zero attached hydrogens (tertiary/aromatic N) is 1. The summed E-state index contributed by atoms with van der Waals surface area (Å²) in [5.74, 6) is -0.382. The number of carbonyl (C=O) groups is 1. The predicted molar refractivity (Wildman–Crippen MR) is 64.0 cm³/mol. The SMILES string of the molecule is CCOC(=O)CC=Cc1c[nH]c(=O)c([N+](=O)[O-])c1. The van der Waals surface area contributed by atoms with Gasteiger partial charge in [-0.2, -0.15) is 0 Å². The van der Waals surface area contributed by atoms with E-state index in [0.717, 1.165) is 6.07 Å². The first-order valence-electron chi connectivity index (χ1n) is 5.24. The van der Waals surface area contributed by atoms with Crippen molar-refractivity contribution in [2.24, 2.45) is 0 Å². The Bertz CT molecular complexity index is 532. The maximum Gasteiger partial charge on any atom is 0.334 e. The van der Waals surface area contributed by atoms with E-state index in [-0.39, 0.29) is 12.4 Å². The Morgan fingerprint density at radius 1 is 1.61 bits per heavy atom. The molecule has 1 aromatic rings. The van der Waals surface area contributed by atoms with Crippen LogP contribution in [0, 0.1) is 10.1 Å². The van der Waals surface area contributed by atoms with Crippen LogP contribution in [0.15, 0.2) is 23.1 Å². The van der Waals surface area contributed by atoms with Gasteiger partial charge >= 0.3 is 17.2 Å². The molecule has 0 radical (unpaired) electrons. The second kappa shape index (κ2) is 6.33. The van der Waals surface area contributed by atoms with Crippen molar-refractivity contribution in [1.82, 2.24) is 4.98 Å². The van der Waals surface area contributed by atoms with Crippen molar-refractivity contribution in [3.8, 4) is 0 Å². The zero-order chi connectivity index (χ0) is 13.5. The molecule has 0 saturated carbocycles. The van der Waals surface area contributed by atoms with E-state index >= 15 is 0 Å². The molecule has 0 aliphatic carbocycles. The van der Waals surface area contributed by atoms with Crippen LogP contribution in [0.2, 0.25) is 0 Å². The minimum absolute atomic E-state index is 0.0702. The lowest BCUT2D eigenvalue weighted by atomic mass is 10.2. The molecule has 1 rings (SSSR count). The summed E-state index contributed by atoms with van der Waals surface area (Å²) in [6.07, 6.45) is 4.41. The number of pyridine rings is 1. The number of esters is 1. The number of hydrogen-bond donors (Lipinski definition) is 1. The molecule has 1 heterocycles. The highest BCUT2D eigenvalue weighted by Crippen LogP contribution is 2.08. The molecular formula is C11H12N2O5. The lowest BCUT2D eigenvalue weighted by molar-refractivity contribution is -0.386. The van der Waals surface area contributed by atoms with Gasteiger partial charge in [0.15, 0.2) is 0 Å². The third-order valence-electron chi connectivity index (χ3n) is 2.00. The summed E-state index contributed by atoms with van der Waals surface area (Å²) in [5, 5.41) is 10.5. The first kappa shape index (κ1) is 13.6. The first-order valence-corrected chi connectivity index (χ1v) is 5.24. The van der Waals surface area contributed by atoms with Gasteiger partial charge in [-0.3, -0.25) is 19.7 Å². The van der Waals surface area contributed by atoms with Gasteiger partial charge in [0.05, 0.1) is 18.0 Å². The van der Waals surface area contributed by atoms with Gasteiger partial charge in [0.2, 0.25) is 0 Å². The topological polar surface area (TPSA) is 102 Å². The molecule has 7 nitrogen and oxygen atoms in total. The third kappa shape index (κ3) is 3.85. The molecule has 0 atom stereocenters. The molecule has 7 heteroatoms. The highest BCUT2D eigenvalue weighted by atomic mass is 16.6. The smallest absolute Gasteiger partial charge is 0.334 e. The minimum atomic E-state index is -0.762. The highest BCUT2D eigenvalue weighted by Gasteiger charge is 2.11. The number of aromatic amines is 1. The average molecular weight is 252 g/mol. The van der Waals surface area contributed by atoms with Crippen LogP contribution in [0.1, 0.15) is 18.9 Å². The highest BCUT2D eigenvalue weighted by molar-refractivity contribution is 5.72. The molecule has 0 spiro atoms. The van der Waals surface area contributed by atoms with Gasteiger partial charge < -0.3 is 9.72 Å². The molecule has 1 N–H and O–H groups in total. The first-order chi connectivity index (χ1) is 8.54. The van der Waals surface area contributed by atoms with E-state index < -0.39 is 16.2 Å². The summed E-state index contributed by atoms with van der Waals surface area (Å²) in [4.78, 5) is 34.1. The molecule has 1 aromatic heterocycles. The van der Waals surface area contributed by atoms with Gasteiger partial charge in [-0.15, -0.1) is 0 Å². The lowest BCUT2D eigenvalue weighted by Crippen LogP contribution is -2.10. The van der Waals surface area contributed by atoms with Gasteiger partial charge in [-0.1, -0.05) is 12.2 Å². The monoisotopic (exact) mass is 252 g/mol. The van der Waals surface area contributed by atoms with Gasteiger partial charge in [0.25, 0.3) is 0 Å². The fourth-order valence-corrected chi connectivity index (χ4v) is 1.23. The van der Waals surface area contributed by atoms with Crippen molar-refractivity contribution in [1.29, 1.82) is 0 Å². The molecule has 0 aromatic carbocycles. The minimum Gasteiger partial charge on any atom is -0.466 e. The standard InChI is InChI=1S/C11H12N2O5/c1-2-18-10(14)5-3-4-8-6-9(13(16)17)11(15)12-7-8/h3-4,6-7H,2,5H2,1H3,(H,12,15). The number of rotatable bonds is 5. The summed E-state index contributed by atoms with van der Waals surface area (Å²) in [7, 11) is 0. The van der Waals surface area contributed by atoms with E-state index in [2.05, 4.69) is 4.98 Å². The quantitative estimate of drug-likeness (QED) is 0.482. The Morgan fingerprint density at radius 3 is 2.94 bits per heavy atom. The Balaban J connectivity index is 2.77. The maximum absolute atomic E-state index is 11.1. The third-order valence-corrected chi connectivity index (χ3v) is 2.00. The van der Waals surface area contributed by atoms with E-state index in [9.17, 15) is 19.7 Å². The number of aromatic nitrogens is 1. The number of carbonyl (C=O) groups excluding carboxylic acids is 1. The summed E-state index contributed by atoms with van der Waals surface area (Å²) < 4.78 is 4.70. The summed E-state index contributed by atoms with van der Waals surface area (Å²) in [5.41, 5.74) is -0.860. The second-order valence-electron chi connectivity index (χ2n) is 3.32. The van der Waals surface area contributed by atoms with E-state index in [1.807, 2.05) is 0 Å². The largest absolute Gasteiger partial charge is 0.466 e. The van der Waals surface area contributed by atoms with Crippen molar-refractivity contribution in [3.63, 3.8) is 0 Å². The molecule has 18 heavy (non-hydrogen) atoms. The number of ether oxygens (including phenoxy) is 1. The summed E-state index contributed by atoms with van der Waals surface area (Å²) >= 11 is 0. The van der Waals surface area contributed by atoms with Crippen LogP contribution in [0.3, 0.4) is 0 Å². The Morgan fingerprint density at radius 2 is 2.33 bits per heavy atom. The van der Waals surface area contributed by atoms with Crippen molar-refractivity contribution in [2.75, 3.05) is 6.61 Å². The van der Waals surface area contributed by atoms with E-state index in [0.29, 0.717) is 12.2 Å². The number of hydrogen-bond acceptors (Lipinski definition) is 5. The van der Waals surface area contributed by atoms with E-state index in [1.54, 1.807) is 6.92 Å². The van der Waals surface area contributed by atoms with Gasteiger partial charge in [-0.25, -0.2) is 0 Å². The average Bonchev–Trinajstić information content (AvgIpc) is 2.31. The summed E-state index contributed by atoms with van der Waals surface area (Å²) in [6, 6.07) is 1.14. The molecule has 96 valence electrons. The molecular weight excluding hydrogens is 240 g/mol. The molecule has 0 amide bonds. The Labute approximate surface area is 102 Å². The maximum atomic E-state index is 11.1. The second-order valence-corrected chi connectivity index (χ2v) is 3.32. The molecule has 0 saturated heterocycles. The molecule has 0 bridgehead atoms. The van der Waals surface area contributed by atoms with Crippen LogP contribution in [-0.2, 0) is 9.53 Å². The predicted octanol–water partition coefficient (Wildman–Crippen LogP) is 1.25. The van der Waals surface area contributed by atoms with E-state index in [4.69, 9.17) is 4.74 Å². The summed E-state index contributed by atoms with van der Waals surface area (Å²) in [6.45, 7) is 2.00. The van der Waals surface area contributed by atoms with Gasteiger partial charge in [-0.05, 0) is 12.5 Å². The zero-order valence-corrected chi connectivity index (χ0v) is 9.71. The molecule has 0 aliphatic heterocycles. The van der Waals surface area contributed by atoms with Crippen LogP contribution in [0.25, 0.3) is 6.08 Å². The fraction of sp³-hybridized carbons (Fsp3) is 0.273. The van der Waals surface area contributed by atoms with Crippen molar-refractivity contribution >= 4 is 17.7 Å². The van der Waals surface area contributed by atoms with Crippen molar-refractivity contribution in [2.45, 2.75) is 13.3 Å². The number of nitro groups is 1. The zero-order valence-electron chi connectivity index (χ0n) is 9.71. The Hall–Kier alpha value is -2.44. The van der Waals surface area contributed by atoms with Crippen LogP contribution >= 0.6 is 0 Å².